The molecule has 0 saturated carbocycles. The van der Waals surface area contributed by atoms with Crippen molar-refractivity contribution in [1.82, 2.24) is 14.9 Å². The van der Waals surface area contributed by atoms with Crippen LogP contribution in [0.15, 0.2) is 36.7 Å². The third-order valence-electron chi connectivity index (χ3n) is 4.67. The van der Waals surface area contributed by atoms with Gasteiger partial charge in [0.2, 0.25) is 0 Å². The predicted molar refractivity (Wildman–Crippen MR) is 90.2 cm³/mol. The fraction of sp³-hybridized carbons (Fsp3) is 0.333. The molecule has 2 fully saturated rings. The lowest BCUT2D eigenvalue weighted by Crippen LogP contribution is -2.51. The van der Waals surface area contributed by atoms with E-state index in [-0.39, 0.29) is 12.1 Å². The smallest absolute Gasteiger partial charge is 0.179 e. The van der Waals surface area contributed by atoms with Gasteiger partial charge in [-0.2, -0.15) is 10.5 Å². The van der Waals surface area contributed by atoms with Gasteiger partial charge in [-0.15, -0.1) is 0 Å². The zero-order valence-electron chi connectivity index (χ0n) is 13.5. The molecule has 0 N–H and O–H groups in total. The van der Waals surface area contributed by atoms with Crippen molar-refractivity contribution in [3.05, 3.63) is 42.2 Å². The first-order valence-corrected chi connectivity index (χ1v) is 8.14. The number of hydrogen-bond acceptors (Lipinski definition) is 7. The summed E-state index contributed by atoms with van der Waals surface area (Å²) in [6, 6.07) is 9.63. The van der Waals surface area contributed by atoms with E-state index in [0.717, 1.165) is 23.6 Å². The van der Waals surface area contributed by atoms with Crippen molar-refractivity contribution in [2.24, 2.45) is 0 Å². The van der Waals surface area contributed by atoms with Crippen LogP contribution in [-0.4, -0.2) is 53.3 Å². The molecule has 7 nitrogen and oxygen atoms in total. The van der Waals surface area contributed by atoms with Gasteiger partial charge in [-0.1, -0.05) is 0 Å². The molecule has 2 aliphatic rings. The van der Waals surface area contributed by atoms with Gasteiger partial charge in [0.15, 0.2) is 6.19 Å². The van der Waals surface area contributed by atoms with Gasteiger partial charge in [-0.05, 0) is 24.3 Å². The Morgan fingerprint density at radius 2 is 2.08 bits per heavy atom. The second-order valence-corrected chi connectivity index (χ2v) is 6.12. The van der Waals surface area contributed by atoms with E-state index in [2.05, 4.69) is 27.1 Å². The Bertz CT molecular complexity index is 853. The number of fused-ring (bicyclic) bond motifs is 1. The van der Waals surface area contributed by atoms with Gasteiger partial charge in [0.25, 0.3) is 0 Å². The quantitative estimate of drug-likeness (QED) is 0.768. The van der Waals surface area contributed by atoms with Crippen LogP contribution in [-0.2, 0) is 4.74 Å². The summed E-state index contributed by atoms with van der Waals surface area (Å²) in [7, 11) is 0. The largest absolute Gasteiger partial charge is 0.372 e. The molecule has 0 aliphatic carbocycles. The third-order valence-corrected chi connectivity index (χ3v) is 4.67. The highest BCUT2D eigenvalue weighted by molar-refractivity contribution is 5.61. The Morgan fingerprint density at radius 3 is 2.84 bits per heavy atom. The van der Waals surface area contributed by atoms with E-state index in [4.69, 9.17) is 15.3 Å². The van der Waals surface area contributed by atoms with Crippen molar-refractivity contribution in [2.45, 2.75) is 12.1 Å². The van der Waals surface area contributed by atoms with Crippen LogP contribution in [0.2, 0.25) is 0 Å². The maximum Gasteiger partial charge on any atom is 0.179 e. The predicted octanol–water partition coefficient (Wildman–Crippen LogP) is 1.39. The van der Waals surface area contributed by atoms with Crippen molar-refractivity contribution < 1.29 is 4.74 Å². The molecule has 7 heteroatoms. The minimum atomic E-state index is 0.0452. The monoisotopic (exact) mass is 332 g/mol. The number of anilines is 1. The van der Waals surface area contributed by atoms with E-state index in [9.17, 15) is 0 Å². The van der Waals surface area contributed by atoms with Crippen molar-refractivity contribution in [3.63, 3.8) is 0 Å². The normalized spacial score (nSPS) is 22.2. The van der Waals surface area contributed by atoms with Gasteiger partial charge < -0.3 is 14.5 Å². The minimum absolute atomic E-state index is 0.0452. The van der Waals surface area contributed by atoms with Crippen LogP contribution < -0.4 is 4.90 Å². The summed E-state index contributed by atoms with van der Waals surface area (Å²) in [5.74, 6) is 0.873. The molecule has 4 rings (SSSR count). The molecule has 0 unspecified atom stereocenters. The molecule has 124 valence electrons. The first-order valence-electron chi connectivity index (χ1n) is 8.14. The first-order chi connectivity index (χ1) is 12.3. The van der Waals surface area contributed by atoms with Crippen LogP contribution >= 0.6 is 0 Å². The SMILES string of the molecule is N#Cc1ccnc(-c2ccc(N3CCO[C@@H]4CN(C#N)C[C@@H]43)nc2)c1. The fourth-order valence-electron chi connectivity index (χ4n) is 3.42. The molecule has 0 aromatic carbocycles. The highest BCUT2D eigenvalue weighted by Gasteiger charge is 2.40. The van der Waals surface area contributed by atoms with Crippen LogP contribution in [0, 0.1) is 22.8 Å². The molecular weight excluding hydrogens is 316 g/mol. The van der Waals surface area contributed by atoms with Gasteiger partial charge in [0.05, 0.1) is 49.2 Å². The van der Waals surface area contributed by atoms with Crippen molar-refractivity contribution in [1.29, 1.82) is 10.5 Å². The van der Waals surface area contributed by atoms with Crippen LogP contribution in [0.5, 0.6) is 0 Å². The number of ether oxygens (including phenoxy) is 1. The lowest BCUT2D eigenvalue weighted by atomic mass is 10.1. The van der Waals surface area contributed by atoms with Gasteiger partial charge in [-0.3, -0.25) is 4.98 Å². The lowest BCUT2D eigenvalue weighted by Gasteiger charge is -2.37. The molecule has 0 bridgehead atoms. The fourth-order valence-corrected chi connectivity index (χ4v) is 3.42. The van der Waals surface area contributed by atoms with Crippen molar-refractivity contribution in [3.8, 4) is 23.5 Å². The van der Waals surface area contributed by atoms with E-state index >= 15 is 0 Å². The van der Waals surface area contributed by atoms with Crippen molar-refractivity contribution >= 4 is 5.82 Å². The molecule has 0 spiro atoms. The highest BCUT2D eigenvalue weighted by atomic mass is 16.5. The highest BCUT2D eigenvalue weighted by Crippen LogP contribution is 2.27. The maximum atomic E-state index is 9.13. The lowest BCUT2D eigenvalue weighted by molar-refractivity contribution is 0.0323. The first kappa shape index (κ1) is 15.4. The molecule has 0 amide bonds. The van der Waals surface area contributed by atoms with Crippen molar-refractivity contribution in [2.75, 3.05) is 31.1 Å². The Kier molecular flexibility index (Phi) is 3.93. The summed E-state index contributed by atoms with van der Waals surface area (Å²) in [6.45, 7) is 2.70. The second-order valence-electron chi connectivity index (χ2n) is 6.12. The number of rotatable bonds is 2. The molecule has 4 heterocycles. The summed E-state index contributed by atoms with van der Waals surface area (Å²) in [6.07, 6.45) is 5.66. The maximum absolute atomic E-state index is 9.13. The van der Waals surface area contributed by atoms with Gasteiger partial charge >= 0.3 is 0 Å². The summed E-state index contributed by atoms with van der Waals surface area (Å²) in [5, 5.41) is 18.1. The average Bonchev–Trinajstić information content (AvgIpc) is 3.11. The van der Waals surface area contributed by atoms with E-state index in [1.807, 2.05) is 12.1 Å². The van der Waals surface area contributed by atoms with E-state index < -0.39 is 0 Å². The van der Waals surface area contributed by atoms with Crippen LogP contribution in [0.25, 0.3) is 11.3 Å². The molecule has 2 aliphatic heterocycles. The number of morpholine rings is 1. The standard InChI is InChI=1S/C18H16N6O/c19-8-13-3-4-21-15(7-13)14-1-2-18(22-9-14)24-5-6-25-17-11-23(12-20)10-16(17)24/h1-4,7,9,16-17H,5-6,10-11H2/t16-,17+/m0/s1. The molecule has 2 saturated heterocycles. The zero-order valence-corrected chi connectivity index (χ0v) is 13.5. The minimum Gasteiger partial charge on any atom is -0.372 e. The number of aromatic nitrogens is 2. The number of likely N-dealkylation sites (tertiary alicyclic amines) is 1. The summed E-state index contributed by atoms with van der Waals surface area (Å²) < 4.78 is 5.80. The number of hydrogen-bond donors (Lipinski definition) is 0. The summed E-state index contributed by atoms with van der Waals surface area (Å²) >= 11 is 0. The van der Waals surface area contributed by atoms with Gasteiger partial charge in [0.1, 0.15) is 5.82 Å². The van der Waals surface area contributed by atoms with Gasteiger partial charge in [0, 0.05) is 24.5 Å². The topological polar surface area (TPSA) is 89.1 Å². The van der Waals surface area contributed by atoms with Crippen LogP contribution in [0.1, 0.15) is 5.56 Å². The molecule has 25 heavy (non-hydrogen) atoms. The second kappa shape index (κ2) is 6.39. The van der Waals surface area contributed by atoms with E-state index in [1.54, 1.807) is 29.4 Å². The molecular formula is C18H16N6O. The molecule has 2 aromatic rings. The molecule has 0 radical (unpaired) electrons. The number of nitrogens with zero attached hydrogens (tertiary/aromatic N) is 6. The summed E-state index contributed by atoms with van der Waals surface area (Å²) in [4.78, 5) is 12.9. The third kappa shape index (κ3) is 2.86. The Labute approximate surface area is 145 Å². The Morgan fingerprint density at radius 1 is 1.16 bits per heavy atom. The molecule has 2 atom stereocenters. The Balaban J connectivity index is 1.58. The average molecular weight is 332 g/mol. The summed E-state index contributed by atoms with van der Waals surface area (Å²) in [5.41, 5.74) is 2.18. The Hall–Kier alpha value is -3.16. The molecule has 2 aromatic heterocycles. The number of pyridine rings is 2. The van der Waals surface area contributed by atoms with Crippen LogP contribution in [0.4, 0.5) is 5.82 Å². The number of nitriles is 2. The van der Waals surface area contributed by atoms with E-state index in [0.29, 0.717) is 25.3 Å². The van der Waals surface area contributed by atoms with E-state index in [1.165, 1.54) is 0 Å². The van der Waals surface area contributed by atoms with Gasteiger partial charge in [-0.25, -0.2) is 4.98 Å². The van der Waals surface area contributed by atoms with Crippen LogP contribution in [0.3, 0.4) is 0 Å². The zero-order chi connectivity index (χ0) is 17.2.